The van der Waals surface area contributed by atoms with Crippen LogP contribution < -0.4 is 10.2 Å². The van der Waals surface area contributed by atoms with Crippen molar-refractivity contribution in [2.45, 2.75) is 31.4 Å². The summed E-state index contributed by atoms with van der Waals surface area (Å²) in [6.07, 6.45) is 3.03. The van der Waals surface area contributed by atoms with Gasteiger partial charge >= 0.3 is 0 Å². The van der Waals surface area contributed by atoms with Gasteiger partial charge in [0.05, 0.1) is 15.8 Å². The van der Waals surface area contributed by atoms with E-state index in [4.69, 9.17) is 23.2 Å². The van der Waals surface area contributed by atoms with E-state index < -0.39 is 10.0 Å². The Morgan fingerprint density at radius 1 is 1.03 bits per heavy atom. The zero-order valence-electron chi connectivity index (χ0n) is 18.5. The van der Waals surface area contributed by atoms with E-state index in [1.165, 1.54) is 15.6 Å². The fraction of sp³-hybridized carbons (Fsp3) is 0.458. The van der Waals surface area contributed by atoms with Gasteiger partial charge in [0.1, 0.15) is 0 Å². The van der Waals surface area contributed by atoms with Crippen LogP contribution in [0.5, 0.6) is 0 Å². The second-order valence-corrected chi connectivity index (χ2v) is 11.5. The average Bonchev–Trinajstić information content (AvgIpc) is 3.22. The number of nitrogens with zero attached hydrogens (tertiary/aromatic N) is 2. The molecule has 0 radical (unpaired) electrons. The summed E-state index contributed by atoms with van der Waals surface area (Å²) in [7, 11) is -3.48. The fourth-order valence-electron chi connectivity index (χ4n) is 4.59. The van der Waals surface area contributed by atoms with Crippen molar-refractivity contribution in [1.29, 1.82) is 0 Å². The molecule has 6 nitrogen and oxygen atoms in total. The van der Waals surface area contributed by atoms with E-state index in [9.17, 15) is 13.2 Å². The SMILES string of the molecule is O=C(NCCCN1CCc2ccccc21)C1CCN(S(=O)(=O)Cc2ccc(Cl)c(Cl)c2)CC1. The van der Waals surface area contributed by atoms with Crippen molar-refractivity contribution >= 4 is 44.8 Å². The second-order valence-electron chi connectivity index (χ2n) is 8.69. The molecule has 2 aliphatic heterocycles. The van der Waals surface area contributed by atoms with Crippen molar-refractivity contribution in [1.82, 2.24) is 9.62 Å². The van der Waals surface area contributed by atoms with Gasteiger partial charge in [0, 0.05) is 44.3 Å². The molecule has 4 rings (SSSR count). The Morgan fingerprint density at radius 3 is 2.55 bits per heavy atom. The first-order valence-corrected chi connectivity index (χ1v) is 13.7. The van der Waals surface area contributed by atoms with Gasteiger partial charge < -0.3 is 10.2 Å². The average molecular weight is 510 g/mol. The van der Waals surface area contributed by atoms with E-state index in [1.54, 1.807) is 18.2 Å². The molecule has 2 heterocycles. The van der Waals surface area contributed by atoms with Crippen LogP contribution >= 0.6 is 23.2 Å². The highest BCUT2D eigenvalue weighted by atomic mass is 35.5. The highest BCUT2D eigenvalue weighted by Crippen LogP contribution is 2.28. The van der Waals surface area contributed by atoms with Crippen LogP contribution in [0.25, 0.3) is 0 Å². The first kappa shape index (κ1) is 24.3. The van der Waals surface area contributed by atoms with Gasteiger partial charge in [-0.2, -0.15) is 0 Å². The van der Waals surface area contributed by atoms with Gasteiger partial charge in [-0.3, -0.25) is 4.79 Å². The Labute approximate surface area is 205 Å². The third-order valence-electron chi connectivity index (χ3n) is 6.44. The maximum Gasteiger partial charge on any atom is 0.223 e. The highest BCUT2D eigenvalue weighted by Gasteiger charge is 2.31. The first-order chi connectivity index (χ1) is 15.8. The molecule has 0 bridgehead atoms. The zero-order valence-corrected chi connectivity index (χ0v) is 20.8. The van der Waals surface area contributed by atoms with Crippen LogP contribution in [0.1, 0.15) is 30.4 Å². The molecule has 33 heavy (non-hydrogen) atoms. The number of amides is 1. The number of sulfonamides is 1. The van der Waals surface area contributed by atoms with Gasteiger partial charge in [0.2, 0.25) is 15.9 Å². The Hall–Kier alpha value is -1.80. The summed E-state index contributed by atoms with van der Waals surface area (Å²) in [4.78, 5) is 15.0. The maximum absolute atomic E-state index is 12.8. The van der Waals surface area contributed by atoms with Crippen LogP contribution in [0, 0.1) is 5.92 Å². The Balaban J connectivity index is 1.19. The number of nitrogens with one attached hydrogen (secondary N) is 1. The molecule has 2 aromatic rings. The molecule has 9 heteroatoms. The van der Waals surface area contributed by atoms with Crippen LogP contribution in [0.3, 0.4) is 0 Å². The number of benzene rings is 2. The van der Waals surface area contributed by atoms with Crippen LogP contribution in [-0.4, -0.2) is 51.4 Å². The summed E-state index contributed by atoms with van der Waals surface area (Å²) < 4.78 is 27.1. The zero-order chi connectivity index (χ0) is 23.4. The number of hydrogen-bond acceptors (Lipinski definition) is 4. The van der Waals surface area contributed by atoms with E-state index in [-0.39, 0.29) is 17.6 Å². The lowest BCUT2D eigenvalue weighted by molar-refractivity contribution is -0.126. The molecular formula is C24H29Cl2N3O3S. The Morgan fingerprint density at radius 2 is 1.79 bits per heavy atom. The number of para-hydroxylation sites is 1. The van der Waals surface area contributed by atoms with Gasteiger partial charge in [0.25, 0.3) is 0 Å². The third-order valence-corrected chi connectivity index (χ3v) is 9.03. The Kier molecular flexibility index (Phi) is 7.84. The molecule has 0 saturated carbocycles. The van der Waals surface area contributed by atoms with Crippen LogP contribution in [0.15, 0.2) is 42.5 Å². The van der Waals surface area contributed by atoms with E-state index in [2.05, 4.69) is 34.5 Å². The minimum atomic E-state index is -3.48. The predicted molar refractivity (Wildman–Crippen MR) is 133 cm³/mol. The van der Waals surface area contributed by atoms with E-state index >= 15 is 0 Å². The van der Waals surface area contributed by atoms with E-state index in [1.807, 2.05) is 0 Å². The van der Waals surface area contributed by atoms with Crippen LogP contribution in [0.4, 0.5) is 5.69 Å². The number of carbonyl (C=O) groups is 1. The van der Waals surface area contributed by atoms with Crippen LogP contribution in [-0.2, 0) is 27.0 Å². The van der Waals surface area contributed by atoms with Crippen molar-refractivity contribution < 1.29 is 13.2 Å². The number of halogens is 2. The number of rotatable bonds is 8. The molecule has 0 unspecified atom stereocenters. The van der Waals surface area contributed by atoms with Crippen molar-refractivity contribution in [3.8, 4) is 0 Å². The molecule has 2 aromatic carbocycles. The molecule has 1 amide bonds. The number of hydrogen-bond donors (Lipinski definition) is 1. The monoisotopic (exact) mass is 509 g/mol. The van der Waals surface area contributed by atoms with E-state index in [0.717, 1.165) is 25.9 Å². The topological polar surface area (TPSA) is 69.7 Å². The van der Waals surface area contributed by atoms with Crippen molar-refractivity contribution in [2.24, 2.45) is 5.92 Å². The number of piperidine rings is 1. The lowest BCUT2D eigenvalue weighted by Gasteiger charge is -2.30. The predicted octanol–water partition coefficient (Wildman–Crippen LogP) is 4.10. The molecule has 1 fully saturated rings. The summed E-state index contributed by atoms with van der Waals surface area (Å²) in [5.74, 6) is -0.243. The first-order valence-electron chi connectivity index (χ1n) is 11.4. The quantitative estimate of drug-likeness (QED) is 0.543. The minimum absolute atomic E-state index is 0.0263. The lowest BCUT2D eigenvalue weighted by Crippen LogP contribution is -2.43. The second kappa shape index (κ2) is 10.6. The minimum Gasteiger partial charge on any atom is -0.371 e. The third kappa shape index (κ3) is 6.01. The van der Waals surface area contributed by atoms with Crippen molar-refractivity contribution in [3.63, 3.8) is 0 Å². The fourth-order valence-corrected chi connectivity index (χ4v) is 6.46. The summed E-state index contributed by atoms with van der Waals surface area (Å²) in [5.41, 5.74) is 3.30. The van der Waals surface area contributed by atoms with Gasteiger partial charge in [-0.1, -0.05) is 47.5 Å². The van der Waals surface area contributed by atoms with Crippen molar-refractivity contribution in [2.75, 3.05) is 37.6 Å². The van der Waals surface area contributed by atoms with Crippen LogP contribution in [0.2, 0.25) is 10.0 Å². The van der Waals surface area contributed by atoms with Gasteiger partial charge in [0.15, 0.2) is 0 Å². The summed E-state index contributed by atoms with van der Waals surface area (Å²) in [6.45, 7) is 3.29. The standard InChI is InChI=1S/C24H29Cl2N3O3S/c25-21-7-6-18(16-22(21)26)17-33(31,32)29-14-9-20(10-15-29)24(30)27-11-3-12-28-13-8-19-4-1-2-5-23(19)28/h1-2,4-7,16,20H,3,8-15,17H2,(H,27,30). The highest BCUT2D eigenvalue weighted by molar-refractivity contribution is 7.88. The lowest BCUT2D eigenvalue weighted by atomic mass is 9.97. The largest absolute Gasteiger partial charge is 0.371 e. The molecule has 178 valence electrons. The number of fused-ring (bicyclic) bond motifs is 1. The normalized spacial score (nSPS) is 17.2. The maximum atomic E-state index is 12.8. The molecule has 1 N–H and O–H groups in total. The van der Waals surface area contributed by atoms with Gasteiger partial charge in [-0.05, 0) is 55.0 Å². The smallest absolute Gasteiger partial charge is 0.223 e. The van der Waals surface area contributed by atoms with Gasteiger partial charge in [-0.25, -0.2) is 12.7 Å². The molecule has 0 aromatic heterocycles. The van der Waals surface area contributed by atoms with Crippen molar-refractivity contribution in [3.05, 3.63) is 63.6 Å². The molecule has 2 aliphatic rings. The number of anilines is 1. The molecular weight excluding hydrogens is 481 g/mol. The van der Waals surface area contributed by atoms with Gasteiger partial charge in [-0.15, -0.1) is 0 Å². The molecule has 0 spiro atoms. The summed E-state index contributed by atoms with van der Waals surface area (Å²) in [5, 5.41) is 3.78. The molecule has 0 atom stereocenters. The Bertz CT molecular complexity index is 1100. The molecule has 0 aliphatic carbocycles. The number of carbonyl (C=O) groups excluding carboxylic acids is 1. The molecule has 1 saturated heterocycles. The summed E-state index contributed by atoms with van der Waals surface area (Å²) >= 11 is 11.9. The summed E-state index contributed by atoms with van der Waals surface area (Å²) in [6, 6.07) is 13.3. The van der Waals surface area contributed by atoms with E-state index in [0.29, 0.717) is 48.1 Å².